The van der Waals surface area contributed by atoms with E-state index in [1.807, 2.05) is 18.2 Å². The summed E-state index contributed by atoms with van der Waals surface area (Å²) in [6.45, 7) is 0. The van der Waals surface area contributed by atoms with Crippen molar-refractivity contribution in [3.8, 4) is 0 Å². The molecule has 1 aliphatic rings. The fraction of sp³-hybridized carbons (Fsp3) is 0.176. The fourth-order valence-corrected chi connectivity index (χ4v) is 2.66. The van der Waals surface area contributed by atoms with Gasteiger partial charge in [0.05, 0.1) is 10.9 Å². The number of pyridine rings is 1. The Morgan fingerprint density at radius 2 is 1.96 bits per heavy atom. The first-order chi connectivity index (χ1) is 11.6. The number of para-hydroxylation sites is 1. The molecule has 1 saturated carbocycles. The molecule has 1 fully saturated rings. The normalized spacial score (nSPS) is 13.8. The van der Waals surface area contributed by atoms with Crippen LogP contribution in [0.25, 0.3) is 11.0 Å². The molecule has 3 aromatic rings. The quantitative estimate of drug-likeness (QED) is 0.766. The minimum absolute atomic E-state index is 0.0772. The summed E-state index contributed by atoms with van der Waals surface area (Å²) >= 11 is 0. The number of hydrogen-bond acceptors (Lipinski definition) is 4. The number of amides is 1. The Balaban J connectivity index is 1.77. The Kier molecular flexibility index (Phi) is 3.26. The first-order valence-corrected chi connectivity index (χ1v) is 7.64. The Morgan fingerprint density at radius 1 is 1.21 bits per heavy atom. The van der Waals surface area contributed by atoms with Crippen LogP contribution in [0.1, 0.15) is 29.2 Å². The summed E-state index contributed by atoms with van der Waals surface area (Å²) in [5.74, 6) is -0.362. The summed E-state index contributed by atoms with van der Waals surface area (Å²) in [4.78, 5) is 42.9. The van der Waals surface area contributed by atoms with Gasteiger partial charge in [-0.05, 0) is 31.0 Å². The van der Waals surface area contributed by atoms with Crippen LogP contribution >= 0.6 is 0 Å². The molecule has 120 valence electrons. The van der Waals surface area contributed by atoms with Crippen molar-refractivity contribution in [2.75, 3.05) is 5.32 Å². The molecule has 0 unspecified atom stereocenters. The maximum absolute atomic E-state index is 12.3. The SMILES string of the molecule is O=C(Nc1ccccc1)c1cnc2c(c1)c(=O)[nH]c(=O)n2C1CC1. The molecule has 0 saturated heterocycles. The highest BCUT2D eigenvalue weighted by Gasteiger charge is 2.27. The largest absolute Gasteiger partial charge is 0.330 e. The molecule has 7 heteroatoms. The average molecular weight is 322 g/mol. The summed E-state index contributed by atoms with van der Waals surface area (Å²) in [5.41, 5.74) is 0.248. The zero-order chi connectivity index (χ0) is 16.7. The lowest BCUT2D eigenvalue weighted by atomic mass is 10.2. The van der Waals surface area contributed by atoms with Gasteiger partial charge < -0.3 is 5.32 Å². The van der Waals surface area contributed by atoms with Crippen LogP contribution in [0.15, 0.2) is 52.2 Å². The van der Waals surface area contributed by atoms with E-state index in [2.05, 4.69) is 15.3 Å². The summed E-state index contributed by atoms with van der Waals surface area (Å²) in [6, 6.07) is 10.6. The van der Waals surface area contributed by atoms with Crippen molar-refractivity contribution in [1.29, 1.82) is 0 Å². The fourth-order valence-electron chi connectivity index (χ4n) is 2.66. The summed E-state index contributed by atoms with van der Waals surface area (Å²) < 4.78 is 1.50. The third-order valence-corrected chi connectivity index (χ3v) is 3.98. The van der Waals surface area contributed by atoms with E-state index >= 15 is 0 Å². The Morgan fingerprint density at radius 3 is 2.67 bits per heavy atom. The second-order valence-electron chi connectivity index (χ2n) is 5.78. The zero-order valence-corrected chi connectivity index (χ0v) is 12.7. The molecule has 2 N–H and O–H groups in total. The highest BCUT2D eigenvalue weighted by Crippen LogP contribution is 2.34. The van der Waals surface area contributed by atoms with Gasteiger partial charge in [0.25, 0.3) is 11.5 Å². The van der Waals surface area contributed by atoms with Gasteiger partial charge >= 0.3 is 5.69 Å². The lowest BCUT2D eigenvalue weighted by Crippen LogP contribution is -2.30. The van der Waals surface area contributed by atoms with Gasteiger partial charge in [0.1, 0.15) is 5.65 Å². The van der Waals surface area contributed by atoms with Gasteiger partial charge in [0.2, 0.25) is 0 Å². The number of carbonyl (C=O) groups is 1. The second kappa shape index (κ2) is 5.45. The first kappa shape index (κ1) is 14.4. The molecule has 24 heavy (non-hydrogen) atoms. The van der Waals surface area contributed by atoms with E-state index in [-0.39, 0.29) is 22.9 Å². The molecule has 0 atom stereocenters. The zero-order valence-electron chi connectivity index (χ0n) is 12.7. The van der Waals surface area contributed by atoms with Crippen LogP contribution in [0, 0.1) is 0 Å². The van der Waals surface area contributed by atoms with E-state index in [1.165, 1.54) is 16.8 Å². The number of hydrogen-bond donors (Lipinski definition) is 2. The van der Waals surface area contributed by atoms with Gasteiger partial charge in [-0.15, -0.1) is 0 Å². The lowest BCUT2D eigenvalue weighted by molar-refractivity contribution is 0.102. The third-order valence-electron chi connectivity index (χ3n) is 3.98. The van der Waals surface area contributed by atoms with Crippen LogP contribution < -0.4 is 16.6 Å². The monoisotopic (exact) mass is 322 g/mol. The van der Waals surface area contributed by atoms with Crippen LogP contribution in [0.4, 0.5) is 5.69 Å². The average Bonchev–Trinajstić information content (AvgIpc) is 3.40. The van der Waals surface area contributed by atoms with Crippen LogP contribution in [0.3, 0.4) is 0 Å². The molecule has 2 aromatic heterocycles. The predicted molar refractivity (Wildman–Crippen MR) is 89.3 cm³/mol. The van der Waals surface area contributed by atoms with Crippen molar-refractivity contribution in [2.24, 2.45) is 0 Å². The van der Waals surface area contributed by atoms with Crippen LogP contribution in [-0.2, 0) is 0 Å². The number of rotatable bonds is 3. The maximum Gasteiger partial charge on any atom is 0.330 e. The number of nitrogens with one attached hydrogen (secondary N) is 2. The van der Waals surface area contributed by atoms with E-state index in [0.29, 0.717) is 11.3 Å². The number of benzene rings is 1. The molecule has 7 nitrogen and oxygen atoms in total. The molecule has 0 bridgehead atoms. The highest BCUT2D eigenvalue weighted by molar-refractivity contribution is 6.05. The number of carbonyl (C=O) groups excluding carboxylic acids is 1. The molecule has 4 rings (SSSR count). The first-order valence-electron chi connectivity index (χ1n) is 7.64. The van der Waals surface area contributed by atoms with Gasteiger partial charge in [0, 0.05) is 17.9 Å². The Labute approximate surface area is 136 Å². The standard InChI is InChI=1S/C17H14N4O3/c22-15(19-11-4-2-1-3-5-11)10-8-13-14(18-9-10)21(12-6-7-12)17(24)20-16(13)23/h1-5,8-9,12H,6-7H2,(H,19,22)(H,20,23,24). The van der Waals surface area contributed by atoms with Crippen molar-refractivity contribution in [1.82, 2.24) is 14.5 Å². The number of aromatic nitrogens is 3. The lowest BCUT2D eigenvalue weighted by Gasteiger charge is -2.09. The molecule has 1 aliphatic carbocycles. The topological polar surface area (TPSA) is 96.8 Å². The van der Waals surface area contributed by atoms with E-state index in [9.17, 15) is 14.4 Å². The molecule has 2 heterocycles. The molecular weight excluding hydrogens is 308 g/mol. The minimum Gasteiger partial charge on any atom is -0.322 e. The van der Waals surface area contributed by atoms with Crippen LogP contribution in [-0.4, -0.2) is 20.4 Å². The summed E-state index contributed by atoms with van der Waals surface area (Å²) in [6.07, 6.45) is 3.16. The van der Waals surface area contributed by atoms with Crippen molar-refractivity contribution >= 4 is 22.6 Å². The molecular formula is C17H14N4O3. The van der Waals surface area contributed by atoms with Crippen LogP contribution in [0.5, 0.6) is 0 Å². The van der Waals surface area contributed by atoms with Crippen molar-refractivity contribution in [2.45, 2.75) is 18.9 Å². The summed E-state index contributed by atoms with van der Waals surface area (Å²) in [7, 11) is 0. The van der Waals surface area contributed by atoms with E-state index in [1.54, 1.807) is 12.1 Å². The van der Waals surface area contributed by atoms with E-state index in [0.717, 1.165) is 12.8 Å². The molecule has 0 radical (unpaired) electrons. The van der Waals surface area contributed by atoms with Gasteiger partial charge in [-0.3, -0.25) is 19.1 Å². The Bertz CT molecular complexity index is 1050. The van der Waals surface area contributed by atoms with Crippen molar-refractivity contribution in [3.05, 3.63) is 69.0 Å². The number of aromatic amines is 1. The number of nitrogens with zero attached hydrogens (tertiary/aromatic N) is 2. The number of H-pyrrole nitrogens is 1. The Hall–Kier alpha value is -3.22. The van der Waals surface area contributed by atoms with Gasteiger partial charge in [-0.2, -0.15) is 0 Å². The predicted octanol–water partition coefficient (Wildman–Crippen LogP) is 1.67. The second-order valence-corrected chi connectivity index (χ2v) is 5.78. The van der Waals surface area contributed by atoms with E-state index < -0.39 is 11.2 Å². The van der Waals surface area contributed by atoms with Gasteiger partial charge in [0.15, 0.2) is 0 Å². The smallest absolute Gasteiger partial charge is 0.322 e. The van der Waals surface area contributed by atoms with Crippen molar-refractivity contribution < 1.29 is 4.79 Å². The van der Waals surface area contributed by atoms with Crippen molar-refractivity contribution in [3.63, 3.8) is 0 Å². The molecule has 0 spiro atoms. The highest BCUT2D eigenvalue weighted by atomic mass is 16.2. The van der Waals surface area contributed by atoms with E-state index in [4.69, 9.17) is 0 Å². The van der Waals surface area contributed by atoms with Gasteiger partial charge in [-0.25, -0.2) is 9.78 Å². The molecule has 0 aliphatic heterocycles. The third kappa shape index (κ3) is 2.50. The maximum atomic E-state index is 12.3. The molecule has 1 amide bonds. The minimum atomic E-state index is -0.534. The van der Waals surface area contributed by atoms with Gasteiger partial charge in [-0.1, -0.05) is 18.2 Å². The number of anilines is 1. The van der Waals surface area contributed by atoms with Crippen LogP contribution in [0.2, 0.25) is 0 Å². The number of fused-ring (bicyclic) bond motifs is 1. The summed E-state index contributed by atoms with van der Waals surface area (Å²) in [5, 5.41) is 2.98. The molecule has 1 aromatic carbocycles.